The number of carbonyl (C=O) groups excluding carboxylic acids is 2. The predicted molar refractivity (Wildman–Crippen MR) is 110 cm³/mol. The second-order valence-corrected chi connectivity index (χ2v) is 7.74. The molecular weight excluding hydrogens is 350 g/mol. The van der Waals surface area contributed by atoms with E-state index < -0.39 is 0 Å². The van der Waals surface area contributed by atoms with Gasteiger partial charge in [-0.2, -0.15) is 0 Å². The molecule has 5 nitrogen and oxygen atoms in total. The van der Waals surface area contributed by atoms with Crippen LogP contribution in [0.1, 0.15) is 34.3 Å². The Morgan fingerprint density at radius 1 is 1.07 bits per heavy atom. The molecule has 2 amide bonds. The molecule has 0 atom stereocenters. The molecule has 1 heterocycles. The van der Waals surface area contributed by atoms with E-state index in [4.69, 9.17) is 0 Å². The number of hydrogen-bond donors (Lipinski definition) is 1. The summed E-state index contributed by atoms with van der Waals surface area (Å²) < 4.78 is 0. The summed E-state index contributed by atoms with van der Waals surface area (Å²) in [6, 6.07) is 15.9. The third-order valence-electron chi connectivity index (χ3n) is 5.69. The number of rotatable bonds is 6. The summed E-state index contributed by atoms with van der Waals surface area (Å²) in [4.78, 5) is 29.1. The van der Waals surface area contributed by atoms with Gasteiger partial charge in [-0.1, -0.05) is 36.4 Å². The Kier molecular flexibility index (Phi) is 5.44. The van der Waals surface area contributed by atoms with Crippen LogP contribution < -0.4 is 10.2 Å². The Bertz CT molecular complexity index is 876. The van der Waals surface area contributed by atoms with Crippen LogP contribution in [0.3, 0.4) is 0 Å². The second kappa shape index (κ2) is 8.15. The van der Waals surface area contributed by atoms with Gasteiger partial charge in [0.15, 0.2) is 0 Å². The number of carbonyl (C=O) groups is 2. The summed E-state index contributed by atoms with van der Waals surface area (Å²) in [7, 11) is 1.76. The first kappa shape index (κ1) is 18.7. The fourth-order valence-electron chi connectivity index (χ4n) is 3.85. The van der Waals surface area contributed by atoms with E-state index in [-0.39, 0.29) is 17.7 Å². The van der Waals surface area contributed by atoms with Crippen molar-refractivity contribution in [1.82, 2.24) is 10.2 Å². The summed E-state index contributed by atoms with van der Waals surface area (Å²) >= 11 is 0. The average Bonchev–Trinajstić information content (AvgIpc) is 3.58. The molecule has 0 bridgehead atoms. The lowest BCUT2D eigenvalue weighted by Gasteiger charge is -2.28. The van der Waals surface area contributed by atoms with E-state index in [1.165, 1.54) is 11.1 Å². The highest BCUT2D eigenvalue weighted by molar-refractivity contribution is 6.05. The van der Waals surface area contributed by atoms with Crippen molar-refractivity contribution < 1.29 is 9.59 Å². The summed E-state index contributed by atoms with van der Waals surface area (Å²) in [5.74, 6) is 0.110. The number of amides is 2. The van der Waals surface area contributed by atoms with Crippen LogP contribution in [0.15, 0.2) is 48.5 Å². The average molecular weight is 377 g/mol. The van der Waals surface area contributed by atoms with E-state index >= 15 is 0 Å². The van der Waals surface area contributed by atoms with Gasteiger partial charge >= 0.3 is 0 Å². The molecule has 146 valence electrons. The third-order valence-corrected chi connectivity index (χ3v) is 5.69. The number of anilines is 1. The number of para-hydroxylation sites is 1. The van der Waals surface area contributed by atoms with Crippen molar-refractivity contribution in [2.75, 3.05) is 31.6 Å². The molecule has 1 aliphatic carbocycles. The maximum Gasteiger partial charge on any atom is 0.253 e. The molecule has 0 radical (unpaired) electrons. The van der Waals surface area contributed by atoms with Crippen molar-refractivity contribution in [1.29, 1.82) is 0 Å². The Balaban J connectivity index is 1.34. The van der Waals surface area contributed by atoms with E-state index in [0.29, 0.717) is 17.8 Å². The monoisotopic (exact) mass is 377 g/mol. The van der Waals surface area contributed by atoms with Gasteiger partial charge in [0.2, 0.25) is 5.91 Å². The van der Waals surface area contributed by atoms with Gasteiger partial charge in [-0.3, -0.25) is 14.5 Å². The molecule has 1 N–H and O–H groups in total. The smallest absolute Gasteiger partial charge is 0.253 e. The molecule has 1 aliphatic heterocycles. The third kappa shape index (κ3) is 4.09. The summed E-state index contributed by atoms with van der Waals surface area (Å²) in [5.41, 5.74) is 4.05. The van der Waals surface area contributed by atoms with E-state index in [9.17, 15) is 9.59 Å². The van der Waals surface area contributed by atoms with E-state index in [2.05, 4.69) is 34.5 Å². The highest BCUT2D eigenvalue weighted by Gasteiger charge is 2.33. The van der Waals surface area contributed by atoms with Gasteiger partial charge in [-0.25, -0.2) is 0 Å². The first-order valence-corrected chi connectivity index (χ1v) is 10.1. The Morgan fingerprint density at radius 2 is 1.79 bits per heavy atom. The first-order chi connectivity index (χ1) is 13.6. The fraction of sp³-hybridized carbons (Fsp3) is 0.391. The number of nitrogens with zero attached hydrogens (tertiary/aromatic N) is 2. The maximum absolute atomic E-state index is 12.8. The van der Waals surface area contributed by atoms with Crippen molar-refractivity contribution in [2.24, 2.45) is 5.92 Å². The minimum absolute atomic E-state index is 0.104. The molecule has 4 rings (SSSR count). The number of fused-ring (bicyclic) bond motifs is 1. The Morgan fingerprint density at radius 3 is 2.57 bits per heavy atom. The van der Waals surface area contributed by atoms with Crippen LogP contribution in [0, 0.1) is 5.92 Å². The van der Waals surface area contributed by atoms with Gasteiger partial charge in [-0.05, 0) is 42.5 Å². The Labute approximate surface area is 166 Å². The van der Waals surface area contributed by atoms with Crippen molar-refractivity contribution in [3.63, 3.8) is 0 Å². The molecule has 2 aliphatic rings. The topological polar surface area (TPSA) is 52.7 Å². The molecule has 2 aromatic carbocycles. The number of nitrogens with one attached hydrogen (secondary N) is 1. The minimum Gasteiger partial charge on any atom is -0.351 e. The highest BCUT2D eigenvalue weighted by Crippen LogP contribution is 2.33. The summed E-state index contributed by atoms with van der Waals surface area (Å²) in [5, 5.41) is 3.03. The zero-order valence-corrected chi connectivity index (χ0v) is 16.4. The lowest BCUT2D eigenvalue weighted by molar-refractivity contribution is -0.119. The molecule has 1 saturated carbocycles. The quantitative estimate of drug-likeness (QED) is 0.842. The molecule has 2 aromatic rings. The largest absolute Gasteiger partial charge is 0.351 e. The van der Waals surface area contributed by atoms with E-state index in [0.717, 1.165) is 38.9 Å². The fourth-order valence-corrected chi connectivity index (χ4v) is 3.85. The standard InChI is InChI=1S/C23H27N3O2/c1-25(23(28)18-10-11-18)21-9-5-4-8-20(21)22(27)24-13-15-26-14-12-17-6-2-3-7-19(17)16-26/h2-9,18H,10-16H2,1H3,(H,24,27). The molecule has 5 heteroatoms. The van der Waals surface area contributed by atoms with Crippen LogP contribution in [0.2, 0.25) is 0 Å². The first-order valence-electron chi connectivity index (χ1n) is 10.1. The van der Waals surface area contributed by atoms with Crippen LogP contribution >= 0.6 is 0 Å². The molecule has 0 saturated heterocycles. The van der Waals surface area contributed by atoms with Gasteiger partial charge in [0.1, 0.15) is 0 Å². The van der Waals surface area contributed by atoms with Crippen LogP contribution in [0.4, 0.5) is 5.69 Å². The van der Waals surface area contributed by atoms with E-state index in [1.807, 2.05) is 18.2 Å². The van der Waals surface area contributed by atoms with Crippen LogP contribution in [0.5, 0.6) is 0 Å². The Hall–Kier alpha value is -2.66. The van der Waals surface area contributed by atoms with Crippen LogP contribution in [-0.2, 0) is 17.8 Å². The zero-order chi connectivity index (χ0) is 19.5. The van der Waals surface area contributed by atoms with Gasteiger partial charge < -0.3 is 10.2 Å². The van der Waals surface area contributed by atoms with E-state index in [1.54, 1.807) is 18.0 Å². The maximum atomic E-state index is 12.8. The normalized spacial score (nSPS) is 16.3. The van der Waals surface area contributed by atoms with Crippen LogP contribution in [0.25, 0.3) is 0 Å². The second-order valence-electron chi connectivity index (χ2n) is 7.74. The lowest BCUT2D eigenvalue weighted by atomic mass is 10.00. The SMILES string of the molecule is CN(C(=O)C1CC1)c1ccccc1C(=O)NCCN1CCc2ccccc2C1. The zero-order valence-electron chi connectivity index (χ0n) is 16.4. The van der Waals surface area contributed by atoms with Crippen molar-refractivity contribution in [3.05, 3.63) is 65.2 Å². The molecule has 0 aromatic heterocycles. The molecule has 1 fully saturated rings. The predicted octanol–water partition coefficient (Wildman–Crippen LogP) is 2.85. The van der Waals surface area contributed by atoms with Gasteiger partial charge in [-0.15, -0.1) is 0 Å². The van der Waals surface area contributed by atoms with Crippen molar-refractivity contribution in [3.8, 4) is 0 Å². The molecule has 0 spiro atoms. The van der Waals surface area contributed by atoms with Crippen LogP contribution in [-0.4, -0.2) is 43.4 Å². The van der Waals surface area contributed by atoms with Crippen molar-refractivity contribution in [2.45, 2.75) is 25.8 Å². The summed E-state index contributed by atoms with van der Waals surface area (Å²) in [6.07, 6.45) is 2.97. The number of benzene rings is 2. The minimum atomic E-state index is -0.122. The molecular formula is C23H27N3O2. The molecule has 0 unspecified atom stereocenters. The summed E-state index contributed by atoms with van der Waals surface area (Å²) in [6.45, 7) is 3.36. The number of hydrogen-bond acceptors (Lipinski definition) is 3. The highest BCUT2D eigenvalue weighted by atomic mass is 16.2. The van der Waals surface area contributed by atoms with Gasteiger partial charge in [0, 0.05) is 39.1 Å². The van der Waals surface area contributed by atoms with Crippen molar-refractivity contribution >= 4 is 17.5 Å². The molecule has 28 heavy (non-hydrogen) atoms. The van der Waals surface area contributed by atoms with Gasteiger partial charge in [0.05, 0.1) is 11.3 Å². The lowest BCUT2D eigenvalue weighted by Crippen LogP contribution is -2.38. The van der Waals surface area contributed by atoms with Gasteiger partial charge in [0.25, 0.3) is 5.91 Å².